The van der Waals surface area contributed by atoms with E-state index < -0.39 is 10.1 Å². The van der Waals surface area contributed by atoms with Crippen LogP contribution in [0.25, 0.3) is 0 Å². The van der Waals surface area contributed by atoms with Gasteiger partial charge in [0, 0.05) is 5.69 Å². The van der Waals surface area contributed by atoms with Crippen LogP contribution in [-0.4, -0.2) is 13.0 Å². The summed E-state index contributed by atoms with van der Waals surface area (Å²) in [6.07, 6.45) is 0. The molecule has 6 heteroatoms. The average molecular weight is 181 g/mol. The van der Waals surface area contributed by atoms with Gasteiger partial charge in [-0.25, -0.2) is 0 Å². The molecule has 0 spiro atoms. The number of rotatable bonds is 1. The van der Waals surface area contributed by atoms with E-state index in [1.165, 1.54) is 24.3 Å². The number of anilines is 1. The summed E-state index contributed by atoms with van der Waals surface area (Å²) in [7, 11) is -4.11. The molecule has 0 fully saturated rings. The zero-order valence-electron chi connectivity index (χ0n) is 7.56. The van der Waals surface area contributed by atoms with E-state index >= 15 is 0 Å². The van der Waals surface area contributed by atoms with Gasteiger partial charge in [-0.1, -0.05) is 6.07 Å². The standard InChI is InChI=1S/C6H7NO3S.Li.H/c7-5-2-1-3-6(4-5)11(8,9)10;;/h1-4H,7H2,(H,8,9,10);;/q;+1;-1. The van der Waals surface area contributed by atoms with E-state index in [2.05, 4.69) is 0 Å². The maximum absolute atomic E-state index is 10.5. The molecule has 0 aromatic heterocycles. The third kappa shape index (κ3) is 2.87. The Balaban J connectivity index is 0. The first kappa shape index (κ1) is 11.5. The minimum Gasteiger partial charge on any atom is -1.00 e. The largest absolute Gasteiger partial charge is 1.00 e. The molecule has 1 aromatic carbocycles. The number of nitrogens with two attached hydrogens (primary N) is 1. The van der Waals surface area contributed by atoms with E-state index in [9.17, 15) is 8.42 Å². The van der Waals surface area contributed by atoms with E-state index in [0.717, 1.165) is 0 Å². The van der Waals surface area contributed by atoms with Gasteiger partial charge in [0.05, 0.1) is 4.90 Å². The Hall–Kier alpha value is -0.473. The van der Waals surface area contributed by atoms with Crippen LogP contribution in [0.5, 0.6) is 0 Å². The predicted molar refractivity (Wildman–Crippen MR) is 41.8 cm³/mol. The Kier molecular flexibility index (Phi) is 3.81. The summed E-state index contributed by atoms with van der Waals surface area (Å²) in [5.41, 5.74) is 5.59. The summed E-state index contributed by atoms with van der Waals surface area (Å²) in [6, 6.07) is 5.45. The van der Waals surface area contributed by atoms with E-state index in [0.29, 0.717) is 5.69 Å². The average Bonchev–Trinajstić information content (AvgIpc) is 1.86. The number of hydrogen-bond donors (Lipinski definition) is 2. The maximum Gasteiger partial charge on any atom is 1.00 e. The van der Waals surface area contributed by atoms with Gasteiger partial charge in [-0.2, -0.15) is 8.42 Å². The Labute approximate surface area is 84.2 Å². The molecule has 0 aliphatic carbocycles. The Morgan fingerprint density at radius 2 is 2.00 bits per heavy atom. The summed E-state index contributed by atoms with van der Waals surface area (Å²) in [4.78, 5) is -0.183. The van der Waals surface area contributed by atoms with Crippen molar-refractivity contribution < 1.29 is 33.3 Å². The normalized spacial score (nSPS) is 10.4. The zero-order valence-corrected chi connectivity index (χ0v) is 7.38. The molecular formula is C6H8LiNO3S. The fourth-order valence-electron chi connectivity index (χ4n) is 0.675. The molecule has 0 atom stereocenters. The van der Waals surface area contributed by atoms with E-state index in [4.69, 9.17) is 10.3 Å². The van der Waals surface area contributed by atoms with Gasteiger partial charge in [0.25, 0.3) is 10.1 Å². The van der Waals surface area contributed by atoms with E-state index in [-0.39, 0.29) is 25.2 Å². The predicted octanol–water partition coefficient (Wildman–Crippen LogP) is -2.37. The van der Waals surface area contributed by atoms with E-state index in [1.807, 2.05) is 0 Å². The van der Waals surface area contributed by atoms with Crippen LogP contribution in [-0.2, 0) is 10.1 Å². The van der Waals surface area contributed by atoms with Crippen LogP contribution in [0.15, 0.2) is 29.2 Å². The molecule has 0 aliphatic rings. The minimum absolute atomic E-state index is 0. The minimum atomic E-state index is -4.11. The first-order chi connectivity index (χ1) is 5.00. The van der Waals surface area contributed by atoms with Crippen molar-refractivity contribution in [2.45, 2.75) is 4.90 Å². The van der Waals surface area contributed by atoms with Crippen molar-refractivity contribution in [2.24, 2.45) is 0 Å². The van der Waals surface area contributed by atoms with Crippen molar-refractivity contribution in [3.05, 3.63) is 24.3 Å². The molecule has 62 valence electrons. The molecule has 0 bridgehead atoms. The summed E-state index contributed by atoms with van der Waals surface area (Å²) < 4.78 is 29.5. The maximum atomic E-state index is 10.5. The van der Waals surface area contributed by atoms with Gasteiger partial charge in [0.1, 0.15) is 0 Å². The van der Waals surface area contributed by atoms with Gasteiger partial charge in [-0.05, 0) is 18.2 Å². The second-order valence-corrected chi connectivity index (χ2v) is 3.47. The summed E-state index contributed by atoms with van der Waals surface area (Å²) >= 11 is 0. The summed E-state index contributed by atoms with van der Waals surface area (Å²) in [5, 5.41) is 0. The van der Waals surface area contributed by atoms with Crippen LogP contribution < -0.4 is 24.6 Å². The first-order valence-electron chi connectivity index (χ1n) is 2.83. The smallest absolute Gasteiger partial charge is 1.00 e. The van der Waals surface area contributed by atoms with Crippen LogP contribution >= 0.6 is 0 Å². The van der Waals surface area contributed by atoms with Crippen LogP contribution in [0.1, 0.15) is 1.43 Å². The van der Waals surface area contributed by atoms with Crippen molar-refractivity contribution in [3.63, 3.8) is 0 Å². The van der Waals surface area contributed by atoms with Gasteiger partial charge in [-0.15, -0.1) is 0 Å². The topological polar surface area (TPSA) is 80.4 Å². The van der Waals surface area contributed by atoms with Crippen LogP contribution in [0.3, 0.4) is 0 Å². The molecule has 4 nitrogen and oxygen atoms in total. The van der Waals surface area contributed by atoms with Crippen molar-refractivity contribution in [1.82, 2.24) is 0 Å². The summed E-state index contributed by atoms with van der Waals surface area (Å²) in [5.74, 6) is 0. The molecule has 3 N–H and O–H groups in total. The van der Waals surface area contributed by atoms with Crippen LogP contribution in [0.2, 0.25) is 0 Å². The van der Waals surface area contributed by atoms with Gasteiger partial charge in [0.2, 0.25) is 0 Å². The zero-order chi connectivity index (χ0) is 8.48. The first-order valence-corrected chi connectivity index (χ1v) is 4.27. The van der Waals surface area contributed by atoms with Crippen molar-refractivity contribution in [2.75, 3.05) is 5.73 Å². The molecule has 1 aromatic rings. The third-order valence-electron chi connectivity index (χ3n) is 1.16. The van der Waals surface area contributed by atoms with Gasteiger partial charge in [-0.3, -0.25) is 4.55 Å². The molecular weight excluding hydrogens is 173 g/mol. The molecule has 0 unspecified atom stereocenters. The fraction of sp³-hybridized carbons (Fsp3) is 0. The fourth-order valence-corrected chi connectivity index (χ4v) is 1.21. The van der Waals surface area contributed by atoms with Gasteiger partial charge in [0.15, 0.2) is 0 Å². The van der Waals surface area contributed by atoms with Crippen molar-refractivity contribution in [3.8, 4) is 0 Å². The molecule has 12 heavy (non-hydrogen) atoms. The summed E-state index contributed by atoms with van der Waals surface area (Å²) in [6.45, 7) is 0. The number of benzene rings is 1. The second kappa shape index (κ2) is 3.96. The molecule has 0 aliphatic heterocycles. The van der Waals surface area contributed by atoms with Crippen molar-refractivity contribution >= 4 is 15.8 Å². The number of hydrogen-bond acceptors (Lipinski definition) is 3. The Bertz CT molecular complexity index is 368. The third-order valence-corrected chi connectivity index (χ3v) is 2.01. The second-order valence-electron chi connectivity index (χ2n) is 2.05. The van der Waals surface area contributed by atoms with Crippen molar-refractivity contribution in [1.29, 1.82) is 0 Å². The molecule has 1 rings (SSSR count). The molecule has 0 amide bonds. The number of nitrogen functional groups attached to an aromatic ring is 1. The Morgan fingerprint density at radius 1 is 1.42 bits per heavy atom. The molecule has 0 radical (unpaired) electrons. The molecule has 0 saturated carbocycles. The SMILES string of the molecule is Nc1cccc(S(=O)(=O)O)c1.[H-].[Li+]. The van der Waals surface area contributed by atoms with E-state index in [1.54, 1.807) is 0 Å². The quantitative estimate of drug-likeness (QED) is 0.288. The molecule has 0 saturated heterocycles. The van der Waals surface area contributed by atoms with Crippen LogP contribution in [0, 0.1) is 0 Å². The molecule has 0 heterocycles. The van der Waals surface area contributed by atoms with Gasteiger partial charge >= 0.3 is 18.9 Å². The monoisotopic (exact) mass is 181 g/mol. The van der Waals surface area contributed by atoms with Crippen LogP contribution in [0.4, 0.5) is 5.69 Å². The van der Waals surface area contributed by atoms with Gasteiger partial charge < -0.3 is 7.16 Å². The Morgan fingerprint density at radius 3 is 2.33 bits per heavy atom.